The number of amides is 1. The van der Waals surface area contributed by atoms with Crippen molar-refractivity contribution in [3.8, 4) is 11.3 Å². The van der Waals surface area contributed by atoms with Gasteiger partial charge in [-0.05, 0) is 44.2 Å². The molecule has 6 rings (SSSR count). The summed E-state index contributed by atoms with van der Waals surface area (Å²) in [5.41, 5.74) is 6.62. The molecule has 0 radical (unpaired) electrons. The Bertz CT molecular complexity index is 1200. The smallest absolute Gasteiger partial charge is 0.242 e. The lowest BCUT2D eigenvalue weighted by molar-refractivity contribution is -0.132. The molecule has 0 saturated heterocycles. The van der Waals surface area contributed by atoms with Gasteiger partial charge in [-0.25, -0.2) is 4.98 Å². The summed E-state index contributed by atoms with van der Waals surface area (Å²) < 4.78 is 4.00. The van der Waals surface area contributed by atoms with E-state index in [0.29, 0.717) is 19.0 Å². The average Bonchev–Trinajstić information content (AvgIpc) is 3.41. The minimum atomic E-state index is 0.163. The number of carbonyl (C=O) groups excluding carboxylic acids is 1. The minimum absolute atomic E-state index is 0.163. The Morgan fingerprint density at radius 1 is 1.13 bits per heavy atom. The van der Waals surface area contributed by atoms with Gasteiger partial charge < -0.3 is 14.4 Å². The number of imidazole rings is 1. The van der Waals surface area contributed by atoms with E-state index < -0.39 is 0 Å². The lowest BCUT2D eigenvalue weighted by Gasteiger charge is -2.32. The molecule has 2 aliphatic heterocycles. The van der Waals surface area contributed by atoms with Crippen molar-refractivity contribution >= 4 is 17.4 Å². The fourth-order valence-corrected chi connectivity index (χ4v) is 4.90. The van der Waals surface area contributed by atoms with E-state index in [2.05, 4.69) is 27.6 Å². The average molecular weight is 418 g/mol. The predicted molar refractivity (Wildman–Crippen MR) is 117 cm³/mol. The Kier molecular flexibility index (Phi) is 4.00. The van der Waals surface area contributed by atoms with Crippen LogP contribution in [0.4, 0.5) is 11.5 Å². The lowest BCUT2D eigenvalue weighted by atomic mass is 10.0. The van der Waals surface area contributed by atoms with E-state index in [4.69, 9.17) is 9.97 Å². The van der Waals surface area contributed by atoms with Gasteiger partial charge in [-0.3, -0.25) is 14.5 Å². The zero-order valence-corrected chi connectivity index (χ0v) is 18.3. The molecule has 0 bridgehead atoms. The number of nitrogens with zero attached hydrogens (tertiary/aromatic N) is 7. The van der Waals surface area contributed by atoms with Gasteiger partial charge in [-0.1, -0.05) is 0 Å². The summed E-state index contributed by atoms with van der Waals surface area (Å²) in [6.45, 7) is 4.06. The van der Waals surface area contributed by atoms with E-state index in [9.17, 15) is 4.79 Å². The van der Waals surface area contributed by atoms with Crippen molar-refractivity contribution in [1.82, 2.24) is 29.2 Å². The molecule has 1 aliphatic carbocycles. The SMILES string of the molecule is Cc1cc2c(nc1-c1cnn(C)c1)CCCN2c1nc(C2CC2)n2c1CN(C)C(=O)C2. The molecule has 3 aliphatic rings. The van der Waals surface area contributed by atoms with Crippen LogP contribution >= 0.6 is 0 Å². The van der Waals surface area contributed by atoms with Crippen molar-refractivity contribution in [1.29, 1.82) is 0 Å². The molecule has 0 atom stereocenters. The summed E-state index contributed by atoms with van der Waals surface area (Å²) in [6.07, 6.45) is 8.24. The zero-order valence-electron chi connectivity index (χ0n) is 18.3. The quantitative estimate of drug-likeness (QED) is 0.655. The molecule has 3 aromatic rings. The van der Waals surface area contributed by atoms with E-state index in [1.165, 1.54) is 12.8 Å². The number of aromatic nitrogens is 5. The van der Waals surface area contributed by atoms with E-state index in [1.807, 2.05) is 36.1 Å². The Labute approximate surface area is 181 Å². The summed E-state index contributed by atoms with van der Waals surface area (Å²) in [5, 5.41) is 4.32. The topological polar surface area (TPSA) is 72.1 Å². The van der Waals surface area contributed by atoms with Gasteiger partial charge in [0.2, 0.25) is 5.91 Å². The molecule has 31 heavy (non-hydrogen) atoms. The van der Waals surface area contributed by atoms with Crippen LogP contribution in [0, 0.1) is 6.92 Å². The molecule has 0 N–H and O–H groups in total. The maximum absolute atomic E-state index is 12.4. The van der Waals surface area contributed by atoms with Crippen LogP contribution in [0.3, 0.4) is 0 Å². The normalized spacial score (nSPS) is 18.4. The van der Waals surface area contributed by atoms with Gasteiger partial charge in [-0.15, -0.1) is 0 Å². The number of hydrogen-bond acceptors (Lipinski definition) is 5. The molecule has 3 aromatic heterocycles. The molecule has 5 heterocycles. The second kappa shape index (κ2) is 6.67. The first-order valence-electron chi connectivity index (χ1n) is 11.1. The van der Waals surface area contributed by atoms with Crippen LogP contribution in [-0.4, -0.2) is 48.7 Å². The summed E-state index contributed by atoms with van der Waals surface area (Å²) in [6, 6.07) is 2.25. The summed E-state index contributed by atoms with van der Waals surface area (Å²) in [5.74, 6) is 2.77. The van der Waals surface area contributed by atoms with Crippen LogP contribution in [-0.2, 0) is 31.4 Å². The third-order valence-corrected chi connectivity index (χ3v) is 6.72. The van der Waals surface area contributed by atoms with Crippen molar-refractivity contribution in [2.45, 2.75) is 51.6 Å². The fourth-order valence-electron chi connectivity index (χ4n) is 4.90. The van der Waals surface area contributed by atoms with Crippen molar-refractivity contribution in [3.05, 3.63) is 41.2 Å². The number of likely N-dealkylation sites (N-methyl/N-ethyl adjacent to an activating group) is 1. The maximum atomic E-state index is 12.4. The molecule has 1 saturated carbocycles. The van der Waals surface area contributed by atoms with Crippen molar-refractivity contribution in [2.24, 2.45) is 7.05 Å². The number of fused-ring (bicyclic) bond motifs is 2. The van der Waals surface area contributed by atoms with Crippen molar-refractivity contribution in [2.75, 3.05) is 18.5 Å². The third kappa shape index (κ3) is 2.96. The highest BCUT2D eigenvalue weighted by molar-refractivity contribution is 5.79. The molecular formula is C23H27N7O. The van der Waals surface area contributed by atoms with Gasteiger partial charge in [-0.2, -0.15) is 5.10 Å². The number of pyridine rings is 1. The number of hydrogen-bond donors (Lipinski definition) is 0. The standard InChI is InChI=1S/C23H27N7O/c1-14-9-18-17(25-21(14)16-10-24-28(3)11-16)5-4-8-29(18)23-19-12-27(2)20(31)13-30(19)22(26-23)15-6-7-15/h9-11,15H,4-8,12-13H2,1-3H3. The van der Waals surface area contributed by atoms with Crippen molar-refractivity contribution < 1.29 is 4.79 Å². The first-order chi connectivity index (χ1) is 15.0. The van der Waals surface area contributed by atoms with Crippen LogP contribution < -0.4 is 4.90 Å². The van der Waals surface area contributed by atoms with Crippen LogP contribution in [0.25, 0.3) is 11.3 Å². The molecule has 1 amide bonds. The number of anilines is 2. The molecule has 0 spiro atoms. The van der Waals surface area contributed by atoms with Crippen molar-refractivity contribution in [3.63, 3.8) is 0 Å². The molecule has 160 valence electrons. The summed E-state index contributed by atoms with van der Waals surface area (Å²) in [4.78, 5) is 26.8. The van der Waals surface area contributed by atoms with E-state index in [1.54, 1.807) is 0 Å². The predicted octanol–water partition coefficient (Wildman–Crippen LogP) is 2.92. The summed E-state index contributed by atoms with van der Waals surface area (Å²) >= 11 is 0. The molecule has 0 unspecified atom stereocenters. The number of carbonyl (C=O) groups is 1. The minimum Gasteiger partial charge on any atom is -0.338 e. The van der Waals surface area contributed by atoms with Gasteiger partial charge in [0.15, 0.2) is 5.82 Å². The van der Waals surface area contributed by atoms with Crippen LogP contribution in [0.15, 0.2) is 18.5 Å². The van der Waals surface area contributed by atoms with E-state index >= 15 is 0 Å². The highest BCUT2D eigenvalue weighted by atomic mass is 16.2. The largest absolute Gasteiger partial charge is 0.338 e. The zero-order chi connectivity index (χ0) is 21.3. The number of aryl methyl sites for hydroxylation is 3. The second-order valence-electron chi connectivity index (χ2n) is 9.13. The summed E-state index contributed by atoms with van der Waals surface area (Å²) in [7, 11) is 3.81. The highest BCUT2D eigenvalue weighted by Crippen LogP contribution is 2.44. The molecule has 0 aromatic carbocycles. The Balaban J connectivity index is 1.46. The maximum Gasteiger partial charge on any atom is 0.242 e. The number of rotatable bonds is 3. The van der Waals surface area contributed by atoms with Gasteiger partial charge in [0, 0.05) is 38.3 Å². The van der Waals surface area contributed by atoms with Gasteiger partial charge in [0.1, 0.15) is 12.4 Å². The lowest BCUT2D eigenvalue weighted by Crippen LogP contribution is -2.37. The monoisotopic (exact) mass is 417 g/mol. The molecule has 8 heteroatoms. The van der Waals surface area contributed by atoms with Crippen LogP contribution in [0.5, 0.6) is 0 Å². The highest BCUT2D eigenvalue weighted by Gasteiger charge is 2.37. The second-order valence-corrected chi connectivity index (χ2v) is 9.13. The van der Waals surface area contributed by atoms with Crippen LogP contribution in [0.1, 0.15) is 48.0 Å². The van der Waals surface area contributed by atoms with Gasteiger partial charge in [0.25, 0.3) is 0 Å². The Hall–Kier alpha value is -3.16. The first kappa shape index (κ1) is 18.6. The Morgan fingerprint density at radius 2 is 1.97 bits per heavy atom. The molecular weight excluding hydrogens is 390 g/mol. The van der Waals surface area contributed by atoms with E-state index in [-0.39, 0.29) is 5.91 Å². The first-order valence-corrected chi connectivity index (χ1v) is 11.1. The van der Waals surface area contributed by atoms with Gasteiger partial charge in [0.05, 0.1) is 35.5 Å². The third-order valence-electron chi connectivity index (χ3n) is 6.72. The Morgan fingerprint density at radius 3 is 2.71 bits per heavy atom. The van der Waals surface area contributed by atoms with E-state index in [0.717, 1.165) is 64.9 Å². The fraction of sp³-hybridized carbons (Fsp3) is 0.478. The van der Waals surface area contributed by atoms with Gasteiger partial charge >= 0.3 is 0 Å². The molecule has 1 fully saturated rings. The molecule has 8 nitrogen and oxygen atoms in total. The van der Waals surface area contributed by atoms with Crippen LogP contribution in [0.2, 0.25) is 0 Å².